The first-order chi connectivity index (χ1) is 13.7. The molecule has 7 heteroatoms. The Bertz CT molecular complexity index is 1010. The van der Waals surface area contributed by atoms with E-state index in [1.165, 1.54) is 0 Å². The van der Waals surface area contributed by atoms with Gasteiger partial charge in [-0.15, -0.1) is 0 Å². The highest BCUT2D eigenvalue weighted by Crippen LogP contribution is 2.32. The summed E-state index contributed by atoms with van der Waals surface area (Å²) >= 11 is 0. The quantitative estimate of drug-likeness (QED) is 0.707. The second kappa shape index (κ2) is 7.90. The largest absolute Gasteiger partial charge is 0.493 e. The van der Waals surface area contributed by atoms with Crippen molar-refractivity contribution in [2.45, 2.75) is 26.4 Å². The van der Waals surface area contributed by atoms with E-state index in [4.69, 9.17) is 13.9 Å². The Morgan fingerprint density at radius 1 is 1.29 bits per heavy atom. The van der Waals surface area contributed by atoms with Crippen LogP contribution in [0.1, 0.15) is 23.7 Å². The Labute approximate surface area is 162 Å². The lowest BCUT2D eigenvalue weighted by Crippen LogP contribution is -2.35. The van der Waals surface area contributed by atoms with E-state index in [-0.39, 0.29) is 5.56 Å². The third-order valence-corrected chi connectivity index (χ3v) is 4.87. The van der Waals surface area contributed by atoms with E-state index in [9.17, 15) is 4.79 Å². The van der Waals surface area contributed by atoms with Gasteiger partial charge in [-0.25, -0.2) is 4.98 Å². The van der Waals surface area contributed by atoms with Crippen LogP contribution in [0, 0.1) is 0 Å². The van der Waals surface area contributed by atoms with Crippen LogP contribution < -0.4 is 15.0 Å². The minimum atomic E-state index is -0.0903. The number of rotatable bonds is 6. The van der Waals surface area contributed by atoms with Crippen LogP contribution in [0.3, 0.4) is 0 Å². The van der Waals surface area contributed by atoms with Crippen LogP contribution >= 0.6 is 0 Å². The fourth-order valence-electron chi connectivity index (χ4n) is 3.55. The molecule has 146 valence electrons. The summed E-state index contributed by atoms with van der Waals surface area (Å²) in [5, 5.41) is 0. The SMILES string of the molecule is CCOc1c(CN2CCc3c(nc(-c4ccco4)[nH]c3=O)C2)cccc1OC. The predicted octanol–water partition coefficient (Wildman–Crippen LogP) is 3.00. The standard InChI is InChI=1S/C21H23N3O4/c1-3-27-19-14(6-4-7-17(19)26-2)12-24-10-9-15-16(13-24)22-20(23-21(15)25)18-8-5-11-28-18/h4-8,11H,3,9-10,12-13H2,1-2H3,(H,22,23,25). The Balaban J connectivity index is 1.60. The minimum absolute atomic E-state index is 0.0903. The van der Waals surface area contributed by atoms with Gasteiger partial charge in [-0.1, -0.05) is 12.1 Å². The number of aromatic amines is 1. The fraction of sp³-hybridized carbons (Fsp3) is 0.333. The number of nitrogens with zero attached hydrogens (tertiary/aromatic N) is 2. The van der Waals surface area contributed by atoms with Crippen molar-refractivity contribution in [1.82, 2.24) is 14.9 Å². The van der Waals surface area contributed by atoms with Gasteiger partial charge in [-0.2, -0.15) is 0 Å². The second-order valence-corrected chi connectivity index (χ2v) is 6.66. The van der Waals surface area contributed by atoms with Crippen molar-refractivity contribution >= 4 is 0 Å². The molecule has 0 amide bonds. The van der Waals surface area contributed by atoms with Gasteiger partial charge in [0.25, 0.3) is 5.56 Å². The summed E-state index contributed by atoms with van der Waals surface area (Å²) in [6, 6.07) is 9.47. The van der Waals surface area contributed by atoms with Gasteiger partial charge in [-0.3, -0.25) is 9.69 Å². The van der Waals surface area contributed by atoms with Gasteiger partial charge in [0.2, 0.25) is 0 Å². The highest BCUT2D eigenvalue weighted by molar-refractivity contribution is 5.48. The molecule has 0 radical (unpaired) electrons. The van der Waals surface area contributed by atoms with Gasteiger partial charge >= 0.3 is 0 Å². The summed E-state index contributed by atoms with van der Waals surface area (Å²) in [7, 11) is 1.64. The van der Waals surface area contributed by atoms with Gasteiger partial charge in [-0.05, 0) is 31.5 Å². The summed E-state index contributed by atoms with van der Waals surface area (Å²) < 4.78 is 16.6. The van der Waals surface area contributed by atoms with Crippen LogP contribution in [0.4, 0.5) is 0 Å². The molecule has 0 saturated heterocycles. The smallest absolute Gasteiger partial charge is 0.254 e. The molecule has 0 atom stereocenters. The summed E-state index contributed by atoms with van der Waals surface area (Å²) in [6.45, 7) is 4.59. The zero-order valence-corrected chi connectivity index (χ0v) is 16.0. The van der Waals surface area contributed by atoms with Crippen molar-refractivity contribution in [1.29, 1.82) is 0 Å². The Morgan fingerprint density at radius 3 is 2.93 bits per heavy atom. The van der Waals surface area contributed by atoms with E-state index >= 15 is 0 Å². The molecule has 1 aromatic carbocycles. The minimum Gasteiger partial charge on any atom is -0.493 e. The number of benzene rings is 1. The molecule has 0 spiro atoms. The molecule has 0 unspecified atom stereocenters. The van der Waals surface area contributed by atoms with Crippen LogP contribution in [0.5, 0.6) is 11.5 Å². The molecule has 4 rings (SSSR count). The Morgan fingerprint density at radius 2 is 2.18 bits per heavy atom. The zero-order chi connectivity index (χ0) is 19.5. The maximum Gasteiger partial charge on any atom is 0.254 e. The van der Waals surface area contributed by atoms with Crippen molar-refractivity contribution in [3.8, 4) is 23.1 Å². The van der Waals surface area contributed by atoms with Gasteiger partial charge in [0.15, 0.2) is 23.1 Å². The zero-order valence-electron chi connectivity index (χ0n) is 16.0. The topological polar surface area (TPSA) is 80.6 Å². The van der Waals surface area contributed by atoms with Crippen LogP contribution in [-0.2, 0) is 19.5 Å². The summed E-state index contributed by atoms with van der Waals surface area (Å²) in [5.41, 5.74) is 2.51. The molecule has 7 nitrogen and oxygen atoms in total. The van der Waals surface area contributed by atoms with Gasteiger partial charge in [0, 0.05) is 30.8 Å². The number of nitrogens with one attached hydrogen (secondary N) is 1. The number of ether oxygens (including phenoxy) is 2. The normalized spacial score (nSPS) is 13.9. The number of fused-ring (bicyclic) bond motifs is 1. The van der Waals surface area contributed by atoms with E-state index in [1.54, 1.807) is 25.5 Å². The molecule has 3 heterocycles. The molecule has 0 aliphatic carbocycles. The molecule has 0 fully saturated rings. The lowest BCUT2D eigenvalue weighted by molar-refractivity contribution is 0.232. The Kier molecular flexibility index (Phi) is 5.16. The first-order valence-electron chi connectivity index (χ1n) is 9.36. The van der Waals surface area contributed by atoms with E-state index < -0.39 is 0 Å². The second-order valence-electron chi connectivity index (χ2n) is 6.66. The molecule has 1 aliphatic rings. The molecule has 0 saturated carbocycles. The first-order valence-corrected chi connectivity index (χ1v) is 9.36. The monoisotopic (exact) mass is 381 g/mol. The number of H-pyrrole nitrogens is 1. The van der Waals surface area contributed by atoms with E-state index in [0.717, 1.165) is 34.9 Å². The molecule has 3 aromatic rings. The lowest BCUT2D eigenvalue weighted by atomic mass is 10.0. The number of aromatic nitrogens is 2. The Hall–Kier alpha value is -3.06. The highest BCUT2D eigenvalue weighted by atomic mass is 16.5. The number of hydrogen-bond donors (Lipinski definition) is 1. The molecule has 2 aromatic heterocycles. The fourth-order valence-corrected chi connectivity index (χ4v) is 3.55. The lowest BCUT2D eigenvalue weighted by Gasteiger charge is -2.28. The maximum absolute atomic E-state index is 12.5. The van der Waals surface area contributed by atoms with E-state index in [2.05, 4.69) is 14.9 Å². The van der Waals surface area contributed by atoms with Crippen LogP contribution in [0.2, 0.25) is 0 Å². The van der Waals surface area contributed by atoms with Crippen molar-refractivity contribution in [2.24, 2.45) is 0 Å². The molecular formula is C21H23N3O4. The van der Waals surface area contributed by atoms with Crippen LogP contribution in [0.15, 0.2) is 45.8 Å². The summed E-state index contributed by atoms with van der Waals surface area (Å²) in [6.07, 6.45) is 2.23. The molecule has 1 N–H and O–H groups in total. The van der Waals surface area contributed by atoms with Gasteiger partial charge in [0.05, 0.1) is 25.7 Å². The van der Waals surface area contributed by atoms with E-state index in [0.29, 0.717) is 37.7 Å². The molecule has 1 aliphatic heterocycles. The van der Waals surface area contributed by atoms with E-state index in [1.807, 2.05) is 25.1 Å². The molecule has 28 heavy (non-hydrogen) atoms. The van der Waals surface area contributed by atoms with Crippen molar-refractivity contribution in [3.05, 3.63) is 63.8 Å². The average molecular weight is 381 g/mol. The summed E-state index contributed by atoms with van der Waals surface area (Å²) in [4.78, 5) is 22.2. The predicted molar refractivity (Wildman–Crippen MR) is 105 cm³/mol. The van der Waals surface area contributed by atoms with Gasteiger partial charge < -0.3 is 18.9 Å². The third kappa shape index (κ3) is 3.53. The molecule has 0 bridgehead atoms. The number of para-hydroxylation sites is 1. The highest BCUT2D eigenvalue weighted by Gasteiger charge is 2.23. The average Bonchev–Trinajstić information content (AvgIpc) is 3.24. The number of furan rings is 1. The third-order valence-electron chi connectivity index (χ3n) is 4.87. The van der Waals surface area contributed by atoms with Crippen molar-refractivity contribution in [3.63, 3.8) is 0 Å². The van der Waals surface area contributed by atoms with Crippen LogP contribution in [-0.4, -0.2) is 35.1 Å². The number of hydrogen-bond acceptors (Lipinski definition) is 6. The summed E-state index contributed by atoms with van der Waals surface area (Å²) in [5.74, 6) is 2.52. The van der Waals surface area contributed by atoms with Gasteiger partial charge in [0.1, 0.15) is 0 Å². The maximum atomic E-state index is 12.5. The number of methoxy groups -OCH3 is 1. The van der Waals surface area contributed by atoms with Crippen molar-refractivity contribution < 1.29 is 13.9 Å². The first kappa shape index (κ1) is 18.3. The molecular weight excluding hydrogens is 358 g/mol. The van der Waals surface area contributed by atoms with Crippen molar-refractivity contribution in [2.75, 3.05) is 20.3 Å². The van der Waals surface area contributed by atoms with Crippen LogP contribution in [0.25, 0.3) is 11.6 Å².